The van der Waals surface area contributed by atoms with E-state index in [4.69, 9.17) is 0 Å². The number of amides is 2. The van der Waals surface area contributed by atoms with Crippen molar-refractivity contribution >= 4 is 16.1 Å². The van der Waals surface area contributed by atoms with Gasteiger partial charge in [-0.05, 0) is 18.1 Å². The van der Waals surface area contributed by atoms with Gasteiger partial charge in [-0.2, -0.15) is 0 Å². The lowest BCUT2D eigenvalue weighted by molar-refractivity contribution is 0.241. The third-order valence-electron chi connectivity index (χ3n) is 2.41. The van der Waals surface area contributed by atoms with Crippen LogP contribution in [0.2, 0.25) is 0 Å². The van der Waals surface area contributed by atoms with Gasteiger partial charge < -0.3 is 10.6 Å². The quantitative estimate of drug-likeness (QED) is 0.630. The summed E-state index contributed by atoms with van der Waals surface area (Å²) in [6.45, 7) is 0.602. The number of sulfonamides is 1. The minimum Gasteiger partial charge on any atom is -0.338 e. The fraction of sp³-hybridized carbons (Fsp3) is 0.417. The number of nitrogens with one attached hydrogen (secondary N) is 3. The number of hydrogen-bond acceptors (Lipinski definition) is 3. The summed E-state index contributed by atoms with van der Waals surface area (Å²) in [7, 11) is -3.24. The number of urea groups is 1. The van der Waals surface area contributed by atoms with Crippen LogP contribution in [-0.2, 0) is 16.4 Å². The Morgan fingerprint density at radius 2 is 1.80 bits per heavy atom. The Kier molecular flexibility index (Phi) is 6.40. The van der Waals surface area contributed by atoms with Crippen molar-refractivity contribution in [2.45, 2.75) is 6.42 Å². The van der Waals surface area contributed by atoms with Crippen LogP contribution in [0.3, 0.4) is 0 Å². The Bertz CT molecular complexity index is 549. The maximum atomic E-state index is 13.3. The summed E-state index contributed by atoms with van der Waals surface area (Å²) in [6, 6.07) is 5.94. The first-order valence-corrected chi connectivity index (χ1v) is 7.97. The molecule has 1 aromatic rings. The second-order valence-corrected chi connectivity index (χ2v) is 6.02. The molecular formula is C12H18FN3O3S. The van der Waals surface area contributed by atoms with E-state index >= 15 is 0 Å². The van der Waals surface area contributed by atoms with Crippen molar-refractivity contribution in [2.24, 2.45) is 0 Å². The molecule has 0 spiro atoms. The molecule has 0 unspecified atom stereocenters. The van der Waals surface area contributed by atoms with Crippen molar-refractivity contribution in [3.63, 3.8) is 0 Å². The van der Waals surface area contributed by atoms with Gasteiger partial charge in [-0.3, -0.25) is 0 Å². The van der Waals surface area contributed by atoms with Gasteiger partial charge in [-0.1, -0.05) is 18.2 Å². The molecular weight excluding hydrogens is 285 g/mol. The SMILES string of the molecule is CS(=O)(=O)NCCNC(=O)NCCc1ccccc1F. The average molecular weight is 303 g/mol. The zero-order valence-electron chi connectivity index (χ0n) is 11.1. The molecule has 0 heterocycles. The van der Waals surface area contributed by atoms with Crippen LogP contribution >= 0.6 is 0 Å². The predicted octanol–water partition coefficient (Wildman–Crippen LogP) is 0.217. The van der Waals surface area contributed by atoms with Crippen LogP contribution < -0.4 is 15.4 Å². The zero-order valence-corrected chi connectivity index (χ0v) is 12.0. The van der Waals surface area contributed by atoms with Crippen molar-refractivity contribution in [2.75, 3.05) is 25.9 Å². The van der Waals surface area contributed by atoms with Crippen LogP contribution in [0.15, 0.2) is 24.3 Å². The number of benzene rings is 1. The van der Waals surface area contributed by atoms with E-state index in [1.54, 1.807) is 18.2 Å². The van der Waals surface area contributed by atoms with E-state index in [2.05, 4.69) is 15.4 Å². The molecule has 8 heteroatoms. The lowest BCUT2D eigenvalue weighted by Crippen LogP contribution is -2.40. The molecule has 0 saturated heterocycles. The molecule has 112 valence electrons. The average Bonchev–Trinajstić information content (AvgIpc) is 2.36. The number of carbonyl (C=O) groups excluding carboxylic acids is 1. The van der Waals surface area contributed by atoms with Crippen molar-refractivity contribution in [3.8, 4) is 0 Å². The predicted molar refractivity (Wildman–Crippen MR) is 74.4 cm³/mol. The standard InChI is InChI=1S/C12H18FN3O3S/c1-20(18,19)16-9-8-15-12(17)14-7-6-10-4-2-3-5-11(10)13/h2-5,16H,6-9H2,1H3,(H2,14,15,17). The molecule has 1 rings (SSSR count). The van der Waals surface area contributed by atoms with E-state index in [9.17, 15) is 17.6 Å². The van der Waals surface area contributed by atoms with E-state index < -0.39 is 16.1 Å². The molecule has 0 saturated carbocycles. The third-order valence-corrected chi connectivity index (χ3v) is 3.14. The fourth-order valence-electron chi connectivity index (χ4n) is 1.49. The molecule has 3 N–H and O–H groups in total. The number of hydrogen-bond donors (Lipinski definition) is 3. The molecule has 0 radical (unpaired) electrons. The van der Waals surface area contributed by atoms with E-state index in [1.165, 1.54) is 6.07 Å². The summed E-state index contributed by atoms with van der Waals surface area (Å²) in [6.07, 6.45) is 1.43. The smallest absolute Gasteiger partial charge is 0.314 e. The molecule has 6 nitrogen and oxygen atoms in total. The largest absolute Gasteiger partial charge is 0.338 e. The van der Waals surface area contributed by atoms with Gasteiger partial charge in [-0.15, -0.1) is 0 Å². The summed E-state index contributed by atoms with van der Waals surface area (Å²) in [5, 5.41) is 5.05. The Morgan fingerprint density at radius 1 is 1.15 bits per heavy atom. The highest BCUT2D eigenvalue weighted by Gasteiger charge is 2.03. The minimum absolute atomic E-state index is 0.125. The van der Waals surface area contributed by atoms with Gasteiger partial charge in [-0.25, -0.2) is 22.3 Å². The van der Waals surface area contributed by atoms with E-state index in [1.807, 2.05) is 0 Å². The Morgan fingerprint density at radius 3 is 2.45 bits per heavy atom. The van der Waals surface area contributed by atoms with Crippen molar-refractivity contribution in [3.05, 3.63) is 35.6 Å². The van der Waals surface area contributed by atoms with E-state index in [-0.39, 0.29) is 18.9 Å². The van der Waals surface area contributed by atoms with Crippen molar-refractivity contribution < 1.29 is 17.6 Å². The number of rotatable bonds is 7. The summed E-state index contributed by atoms with van der Waals surface area (Å²) in [5.74, 6) is -0.299. The van der Waals surface area contributed by atoms with Crippen molar-refractivity contribution in [1.29, 1.82) is 0 Å². The fourth-order valence-corrected chi connectivity index (χ4v) is 1.96. The van der Waals surface area contributed by atoms with Gasteiger partial charge in [0.15, 0.2) is 0 Å². The topological polar surface area (TPSA) is 87.3 Å². The lowest BCUT2D eigenvalue weighted by Gasteiger charge is -2.08. The Balaban J connectivity index is 2.16. The summed E-state index contributed by atoms with van der Waals surface area (Å²) < 4.78 is 37.1. The molecule has 1 aromatic carbocycles. The van der Waals surface area contributed by atoms with Gasteiger partial charge in [0.05, 0.1) is 6.26 Å². The molecule has 20 heavy (non-hydrogen) atoms. The second kappa shape index (κ2) is 7.81. The molecule has 0 aliphatic carbocycles. The van der Waals surface area contributed by atoms with E-state index in [0.717, 1.165) is 6.26 Å². The first-order chi connectivity index (χ1) is 9.38. The number of carbonyl (C=O) groups is 1. The van der Waals surface area contributed by atoms with E-state index in [0.29, 0.717) is 18.5 Å². The monoisotopic (exact) mass is 303 g/mol. The normalized spacial score (nSPS) is 11.1. The molecule has 0 bridgehead atoms. The molecule has 0 fully saturated rings. The maximum absolute atomic E-state index is 13.3. The van der Waals surface area contributed by atoms with Gasteiger partial charge in [0.1, 0.15) is 5.82 Å². The second-order valence-electron chi connectivity index (χ2n) is 4.19. The summed E-state index contributed by atoms with van der Waals surface area (Å²) in [4.78, 5) is 11.3. The van der Waals surface area contributed by atoms with Crippen LogP contribution in [0.1, 0.15) is 5.56 Å². The first-order valence-electron chi connectivity index (χ1n) is 6.08. The third kappa shape index (κ3) is 7.05. The van der Waals surface area contributed by atoms with Gasteiger partial charge in [0.25, 0.3) is 0 Å². The number of halogens is 1. The van der Waals surface area contributed by atoms with Crippen LogP contribution in [0, 0.1) is 5.82 Å². The van der Waals surface area contributed by atoms with Crippen LogP contribution in [0.25, 0.3) is 0 Å². The summed E-state index contributed by atoms with van der Waals surface area (Å²) >= 11 is 0. The lowest BCUT2D eigenvalue weighted by atomic mass is 10.1. The highest BCUT2D eigenvalue weighted by atomic mass is 32.2. The zero-order chi connectivity index (χ0) is 15.0. The van der Waals surface area contributed by atoms with Gasteiger partial charge in [0.2, 0.25) is 10.0 Å². The highest BCUT2D eigenvalue weighted by Crippen LogP contribution is 2.05. The maximum Gasteiger partial charge on any atom is 0.314 e. The molecule has 0 aromatic heterocycles. The molecule has 0 aliphatic rings. The molecule has 0 atom stereocenters. The Hall–Kier alpha value is -1.67. The highest BCUT2D eigenvalue weighted by molar-refractivity contribution is 7.88. The molecule has 2 amide bonds. The van der Waals surface area contributed by atoms with Crippen LogP contribution in [0.4, 0.5) is 9.18 Å². The molecule has 0 aliphatic heterocycles. The summed E-state index contributed by atoms with van der Waals surface area (Å²) in [5.41, 5.74) is 0.534. The first kappa shape index (κ1) is 16.4. The van der Waals surface area contributed by atoms with Gasteiger partial charge >= 0.3 is 6.03 Å². The Labute approximate surface area is 117 Å². The van der Waals surface area contributed by atoms with Gasteiger partial charge in [0, 0.05) is 19.6 Å². The van der Waals surface area contributed by atoms with Crippen molar-refractivity contribution in [1.82, 2.24) is 15.4 Å². The minimum atomic E-state index is -3.24. The van der Waals surface area contributed by atoms with Crippen LogP contribution in [0.5, 0.6) is 0 Å². The van der Waals surface area contributed by atoms with Crippen LogP contribution in [-0.4, -0.2) is 40.3 Å².